The normalized spacial score (nSPS) is 27.5. The summed E-state index contributed by atoms with van der Waals surface area (Å²) in [4.78, 5) is 0. The average molecular weight is 237 g/mol. The standard InChI is InChI=1S/C13H16FNO2/c14-11-3-1-2-10(8-11)12-16-9-13(17-12)4-6-15-7-5-13/h1-3,8,12,15H,4-7,9H2. The van der Waals surface area contributed by atoms with Crippen LogP contribution in [0.4, 0.5) is 4.39 Å². The van der Waals surface area contributed by atoms with Crippen molar-refractivity contribution in [3.8, 4) is 0 Å². The molecule has 2 aliphatic rings. The Hall–Kier alpha value is -0.970. The summed E-state index contributed by atoms with van der Waals surface area (Å²) in [6.45, 7) is 2.52. The van der Waals surface area contributed by atoms with E-state index >= 15 is 0 Å². The molecule has 1 unspecified atom stereocenters. The molecule has 0 aromatic heterocycles. The third-order valence-corrected chi connectivity index (χ3v) is 3.49. The number of ether oxygens (including phenoxy) is 2. The van der Waals surface area contributed by atoms with Crippen LogP contribution in [0.5, 0.6) is 0 Å². The number of piperidine rings is 1. The van der Waals surface area contributed by atoms with Gasteiger partial charge < -0.3 is 14.8 Å². The van der Waals surface area contributed by atoms with Gasteiger partial charge in [0.15, 0.2) is 6.29 Å². The second-order valence-corrected chi connectivity index (χ2v) is 4.75. The van der Waals surface area contributed by atoms with Gasteiger partial charge in [0.1, 0.15) is 5.82 Å². The van der Waals surface area contributed by atoms with E-state index < -0.39 is 6.29 Å². The van der Waals surface area contributed by atoms with E-state index in [2.05, 4.69) is 5.32 Å². The Morgan fingerprint density at radius 3 is 2.88 bits per heavy atom. The quantitative estimate of drug-likeness (QED) is 0.810. The Balaban J connectivity index is 1.75. The van der Waals surface area contributed by atoms with E-state index in [-0.39, 0.29) is 11.4 Å². The summed E-state index contributed by atoms with van der Waals surface area (Å²) in [5.74, 6) is -0.249. The highest BCUT2D eigenvalue weighted by Crippen LogP contribution is 2.38. The van der Waals surface area contributed by atoms with Gasteiger partial charge in [0, 0.05) is 5.56 Å². The summed E-state index contributed by atoms with van der Waals surface area (Å²) in [6, 6.07) is 6.43. The summed E-state index contributed by atoms with van der Waals surface area (Å²) in [5.41, 5.74) is 0.600. The Kier molecular flexibility index (Phi) is 2.86. The van der Waals surface area contributed by atoms with E-state index in [9.17, 15) is 4.39 Å². The van der Waals surface area contributed by atoms with Crippen molar-refractivity contribution in [2.24, 2.45) is 0 Å². The van der Waals surface area contributed by atoms with Gasteiger partial charge in [-0.25, -0.2) is 4.39 Å². The molecule has 2 aliphatic heterocycles. The molecule has 92 valence electrons. The molecule has 2 fully saturated rings. The van der Waals surface area contributed by atoms with E-state index in [1.807, 2.05) is 6.07 Å². The molecule has 2 saturated heterocycles. The molecule has 0 saturated carbocycles. The van der Waals surface area contributed by atoms with Crippen molar-refractivity contribution in [3.05, 3.63) is 35.6 Å². The van der Waals surface area contributed by atoms with Crippen molar-refractivity contribution in [3.63, 3.8) is 0 Å². The summed E-state index contributed by atoms with van der Waals surface area (Å²) in [5, 5.41) is 3.30. The maximum atomic E-state index is 13.1. The highest BCUT2D eigenvalue weighted by atomic mass is 19.1. The van der Waals surface area contributed by atoms with Crippen LogP contribution in [-0.4, -0.2) is 25.3 Å². The van der Waals surface area contributed by atoms with Crippen molar-refractivity contribution in [2.45, 2.75) is 24.7 Å². The first-order valence-corrected chi connectivity index (χ1v) is 6.03. The third-order valence-electron chi connectivity index (χ3n) is 3.49. The van der Waals surface area contributed by atoms with Crippen LogP contribution in [0.2, 0.25) is 0 Å². The first-order chi connectivity index (χ1) is 8.27. The number of nitrogens with one attached hydrogen (secondary N) is 1. The predicted molar refractivity (Wildman–Crippen MR) is 61.0 cm³/mol. The second kappa shape index (κ2) is 4.37. The molecule has 2 heterocycles. The molecule has 0 aliphatic carbocycles. The Bertz CT molecular complexity index is 404. The Labute approximate surface area is 99.9 Å². The van der Waals surface area contributed by atoms with Crippen LogP contribution in [-0.2, 0) is 9.47 Å². The van der Waals surface area contributed by atoms with Gasteiger partial charge in [-0.05, 0) is 38.1 Å². The van der Waals surface area contributed by atoms with E-state index in [4.69, 9.17) is 9.47 Å². The van der Waals surface area contributed by atoms with Crippen LogP contribution in [0.25, 0.3) is 0 Å². The van der Waals surface area contributed by atoms with E-state index in [1.165, 1.54) is 12.1 Å². The molecule has 3 rings (SSSR count). The fraction of sp³-hybridized carbons (Fsp3) is 0.538. The Morgan fingerprint density at radius 2 is 2.12 bits per heavy atom. The molecule has 17 heavy (non-hydrogen) atoms. The molecule has 0 bridgehead atoms. The predicted octanol–water partition coefficient (Wildman–Crippen LogP) is 1.99. The van der Waals surface area contributed by atoms with Crippen molar-refractivity contribution < 1.29 is 13.9 Å². The van der Waals surface area contributed by atoms with Gasteiger partial charge in [-0.3, -0.25) is 0 Å². The highest BCUT2D eigenvalue weighted by molar-refractivity contribution is 5.18. The van der Waals surface area contributed by atoms with Crippen molar-refractivity contribution in [2.75, 3.05) is 19.7 Å². The third kappa shape index (κ3) is 2.20. The first-order valence-electron chi connectivity index (χ1n) is 6.03. The summed E-state index contributed by atoms with van der Waals surface area (Å²) < 4.78 is 24.8. The summed E-state index contributed by atoms with van der Waals surface area (Å²) >= 11 is 0. The SMILES string of the molecule is Fc1cccc(C2OCC3(CCNCC3)O2)c1. The molecule has 1 N–H and O–H groups in total. The van der Waals surface area contributed by atoms with Crippen LogP contribution in [0.3, 0.4) is 0 Å². The molecular formula is C13H16FNO2. The molecular weight excluding hydrogens is 221 g/mol. The van der Waals surface area contributed by atoms with Gasteiger partial charge >= 0.3 is 0 Å². The molecule has 1 spiro atoms. The van der Waals surface area contributed by atoms with Gasteiger partial charge in [-0.2, -0.15) is 0 Å². The fourth-order valence-electron chi connectivity index (χ4n) is 2.48. The fourth-order valence-corrected chi connectivity index (χ4v) is 2.48. The minimum atomic E-state index is -0.413. The van der Waals surface area contributed by atoms with Crippen LogP contribution in [0.15, 0.2) is 24.3 Å². The van der Waals surface area contributed by atoms with Crippen molar-refractivity contribution >= 4 is 0 Å². The lowest BCUT2D eigenvalue weighted by atomic mass is 9.94. The average Bonchev–Trinajstić information content (AvgIpc) is 2.74. The lowest BCUT2D eigenvalue weighted by Crippen LogP contribution is -2.43. The van der Waals surface area contributed by atoms with Crippen LogP contribution >= 0.6 is 0 Å². The van der Waals surface area contributed by atoms with E-state index in [1.54, 1.807) is 6.07 Å². The van der Waals surface area contributed by atoms with Crippen LogP contribution in [0, 0.1) is 5.82 Å². The molecule has 0 amide bonds. The molecule has 1 aromatic carbocycles. The van der Waals surface area contributed by atoms with Gasteiger partial charge in [-0.1, -0.05) is 12.1 Å². The second-order valence-electron chi connectivity index (χ2n) is 4.75. The lowest BCUT2D eigenvalue weighted by molar-refractivity contribution is -0.101. The minimum Gasteiger partial charge on any atom is -0.345 e. The summed E-state index contributed by atoms with van der Waals surface area (Å²) in [7, 11) is 0. The first kappa shape index (κ1) is 11.1. The van der Waals surface area contributed by atoms with E-state index in [0.717, 1.165) is 31.5 Å². The minimum absolute atomic E-state index is 0.164. The maximum Gasteiger partial charge on any atom is 0.184 e. The van der Waals surface area contributed by atoms with E-state index in [0.29, 0.717) is 6.61 Å². The zero-order chi connectivity index (χ0) is 11.7. The van der Waals surface area contributed by atoms with Crippen LogP contribution in [0.1, 0.15) is 24.7 Å². The summed E-state index contributed by atoms with van der Waals surface area (Å²) in [6.07, 6.45) is 1.50. The molecule has 1 aromatic rings. The van der Waals surface area contributed by atoms with Gasteiger partial charge in [0.25, 0.3) is 0 Å². The molecule has 0 radical (unpaired) electrons. The van der Waals surface area contributed by atoms with Gasteiger partial charge in [-0.15, -0.1) is 0 Å². The number of hydrogen-bond acceptors (Lipinski definition) is 3. The topological polar surface area (TPSA) is 30.5 Å². The number of halogens is 1. The van der Waals surface area contributed by atoms with Crippen molar-refractivity contribution in [1.82, 2.24) is 5.32 Å². The van der Waals surface area contributed by atoms with Gasteiger partial charge in [0.05, 0.1) is 12.2 Å². The molecule has 4 heteroatoms. The zero-order valence-corrected chi connectivity index (χ0v) is 9.62. The smallest absolute Gasteiger partial charge is 0.184 e. The monoisotopic (exact) mass is 237 g/mol. The number of hydrogen-bond donors (Lipinski definition) is 1. The van der Waals surface area contributed by atoms with Crippen LogP contribution < -0.4 is 5.32 Å². The lowest BCUT2D eigenvalue weighted by Gasteiger charge is -2.31. The van der Waals surface area contributed by atoms with Crippen molar-refractivity contribution in [1.29, 1.82) is 0 Å². The molecule has 3 nitrogen and oxygen atoms in total. The van der Waals surface area contributed by atoms with Gasteiger partial charge in [0.2, 0.25) is 0 Å². The maximum absolute atomic E-state index is 13.1. The Morgan fingerprint density at radius 1 is 1.29 bits per heavy atom. The number of benzene rings is 1. The highest BCUT2D eigenvalue weighted by Gasteiger charge is 2.42. The number of rotatable bonds is 1. The largest absolute Gasteiger partial charge is 0.345 e. The molecule has 1 atom stereocenters. The zero-order valence-electron chi connectivity index (χ0n) is 9.62.